The highest BCUT2D eigenvalue weighted by molar-refractivity contribution is 5.14. The molecule has 0 spiro atoms. The van der Waals surface area contributed by atoms with E-state index in [1.165, 1.54) is 0 Å². The zero-order chi connectivity index (χ0) is 12.9. The van der Waals surface area contributed by atoms with Crippen molar-refractivity contribution < 1.29 is 18.3 Å². The van der Waals surface area contributed by atoms with Crippen molar-refractivity contribution in [3.8, 4) is 0 Å². The lowest BCUT2D eigenvalue weighted by molar-refractivity contribution is -0.139. The van der Waals surface area contributed by atoms with E-state index in [-0.39, 0.29) is 12.8 Å². The van der Waals surface area contributed by atoms with E-state index >= 15 is 0 Å². The summed E-state index contributed by atoms with van der Waals surface area (Å²) >= 11 is 0. The van der Waals surface area contributed by atoms with Crippen molar-refractivity contribution in [1.29, 1.82) is 0 Å². The minimum absolute atomic E-state index is 0.167. The predicted molar refractivity (Wildman–Crippen MR) is 58.6 cm³/mol. The van der Waals surface area contributed by atoms with Gasteiger partial charge in [-0.25, -0.2) is 0 Å². The van der Waals surface area contributed by atoms with Crippen LogP contribution in [0.4, 0.5) is 13.2 Å². The number of aliphatic hydroxyl groups excluding tert-OH is 1. The number of pyridine rings is 1. The first-order chi connectivity index (χ1) is 7.90. The van der Waals surface area contributed by atoms with Crippen molar-refractivity contribution in [3.63, 3.8) is 0 Å². The summed E-state index contributed by atoms with van der Waals surface area (Å²) in [4.78, 5) is 4.09. The van der Waals surface area contributed by atoms with Crippen LogP contribution in [-0.2, 0) is 12.8 Å². The van der Waals surface area contributed by atoms with Gasteiger partial charge in [-0.1, -0.05) is 13.0 Å². The molecule has 5 heteroatoms. The zero-order valence-electron chi connectivity index (χ0n) is 9.67. The summed E-state index contributed by atoms with van der Waals surface area (Å²) in [6.07, 6.45) is -3.71. The maximum absolute atomic E-state index is 11.9. The van der Waals surface area contributed by atoms with E-state index in [9.17, 15) is 18.3 Å². The molecule has 0 radical (unpaired) electrons. The SMILES string of the molecule is CCc1ccc(CC(O)CCC(F)(F)F)nc1. The molecule has 0 saturated carbocycles. The van der Waals surface area contributed by atoms with Crippen molar-refractivity contribution in [2.75, 3.05) is 0 Å². The second kappa shape index (κ2) is 6.00. The van der Waals surface area contributed by atoms with E-state index in [1.54, 1.807) is 12.3 Å². The molecule has 1 aromatic rings. The van der Waals surface area contributed by atoms with Gasteiger partial charge in [0.2, 0.25) is 0 Å². The molecule has 1 rings (SSSR count). The lowest BCUT2D eigenvalue weighted by Gasteiger charge is -2.11. The summed E-state index contributed by atoms with van der Waals surface area (Å²) < 4.78 is 35.8. The Morgan fingerprint density at radius 1 is 1.35 bits per heavy atom. The Morgan fingerprint density at radius 3 is 2.53 bits per heavy atom. The number of aliphatic hydroxyl groups is 1. The van der Waals surface area contributed by atoms with Gasteiger partial charge >= 0.3 is 6.18 Å². The first-order valence-corrected chi connectivity index (χ1v) is 5.59. The lowest BCUT2D eigenvalue weighted by Crippen LogP contribution is -2.16. The summed E-state index contributed by atoms with van der Waals surface area (Å²) in [5, 5.41) is 9.45. The van der Waals surface area contributed by atoms with E-state index in [2.05, 4.69) is 4.98 Å². The Hall–Kier alpha value is -1.10. The first kappa shape index (κ1) is 14.0. The van der Waals surface area contributed by atoms with E-state index in [0.29, 0.717) is 5.69 Å². The second-order valence-electron chi connectivity index (χ2n) is 4.02. The van der Waals surface area contributed by atoms with Crippen LogP contribution in [0.15, 0.2) is 18.3 Å². The number of nitrogens with zero attached hydrogens (tertiary/aromatic N) is 1. The van der Waals surface area contributed by atoms with Gasteiger partial charge in [0.25, 0.3) is 0 Å². The molecule has 0 bridgehead atoms. The molecule has 1 aromatic heterocycles. The maximum Gasteiger partial charge on any atom is 0.389 e. The molecule has 0 aromatic carbocycles. The number of aryl methyl sites for hydroxylation is 1. The van der Waals surface area contributed by atoms with Gasteiger partial charge in [-0.3, -0.25) is 4.98 Å². The van der Waals surface area contributed by atoms with Crippen molar-refractivity contribution >= 4 is 0 Å². The lowest BCUT2D eigenvalue weighted by atomic mass is 10.1. The molecule has 1 heterocycles. The number of hydrogen-bond acceptors (Lipinski definition) is 2. The van der Waals surface area contributed by atoms with Gasteiger partial charge in [-0.05, 0) is 24.5 Å². The quantitative estimate of drug-likeness (QED) is 0.867. The molecule has 1 unspecified atom stereocenters. The fourth-order valence-corrected chi connectivity index (χ4v) is 1.46. The Labute approximate surface area is 98.5 Å². The molecule has 0 aliphatic rings. The van der Waals surface area contributed by atoms with Gasteiger partial charge in [0.05, 0.1) is 6.10 Å². The van der Waals surface area contributed by atoms with Crippen LogP contribution in [0.2, 0.25) is 0 Å². The molecular weight excluding hydrogens is 231 g/mol. The Kier molecular flexibility index (Phi) is 4.93. The standard InChI is InChI=1S/C12H16F3NO/c1-2-9-3-4-10(16-8-9)7-11(17)5-6-12(13,14)15/h3-4,8,11,17H,2,5-7H2,1H3. The average Bonchev–Trinajstić information content (AvgIpc) is 2.27. The van der Waals surface area contributed by atoms with Gasteiger partial charge < -0.3 is 5.11 Å². The summed E-state index contributed by atoms with van der Waals surface area (Å²) in [7, 11) is 0. The smallest absolute Gasteiger partial charge is 0.389 e. The van der Waals surface area contributed by atoms with Crippen molar-refractivity contribution in [2.45, 2.75) is 44.9 Å². The van der Waals surface area contributed by atoms with E-state index in [0.717, 1.165) is 12.0 Å². The molecule has 17 heavy (non-hydrogen) atoms. The molecule has 0 fully saturated rings. The third-order valence-electron chi connectivity index (χ3n) is 2.50. The highest BCUT2D eigenvalue weighted by Gasteiger charge is 2.27. The largest absolute Gasteiger partial charge is 0.393 e. The minimum atomic E-state index is -4.21. The molecule has 96 valence electrons. The maximum atomic E-state index is 11.9. The number of halogens is 3. The van der Waals surface area contributed by atoms with Crippen molar-refractivity contribution in [3.05, 3.63) is 29.6 Å². The molecule has 2 nitrogen and oxygen atoms in total. The average molecular weight is 247 g/mol. The summed E-state index contributed by atoms with van der Waals surface area (Å²) in [5.74, 6) is 0. The summed E-state index contributed by atoms with van der Waals surface area (Å²) in [6, 6.07) is 3.62. The summed E-state index contributed by atoms with van der Waals surface area (Å²) in [6.45, 7) is 1.99. The van der Waals surface area contributed by atoms with Crippen LogP contribution >= 0.6 is 0 Å². The molecule has 0 aliphatic heterocycles. The van der Waals surface area contributed by atoms with Crippen molar-refractivity contribution in [1.82, 2.24) is 4.98 Å². The van der Waals surface area contributed by atoms with Gasteiger partial charge in [0.15, 0.2) is 0 Å². The van der Waals surface area contributed by atoms with Crippen LogP contribution in [-0.4, -0.2) is 22.4 Å². The normalized spacial score (nSPS) is 13.7. The van der Waals surface area contributed by atoms with Crippen LogP contribution in [0.25, 0.3) is 0 Å². The first-order valence-electron chi connectivity index (χ1n) is 5.59. The number of rotatable bonds is 5. The van der Waals surface area contributed by atoms with Gasteiger partial charge in [0, 0.05) is 24.7 Å². The predicted octanol–water partition coefficient (Wildman–Crippen LogP) is 2.89. The molecule has 0 saturated heterocycles. The fraction of sp³-hybridized carbons (Fsp3) is 0.583. The van der Waals surface area contributed by atoms with Crippen LogP contribution in [0.3, 0.4) is 0 Å². The zero-order valence-corrected chi connectivity index (χ0v) is 9.67. The molecule has 0 aliphatic carbocycles. The third-order valence-corrected chi connectivity index (χ3v) is 2.50. The summed E-state index contributed by atoms with van der Waals surface area (Å²) in [5.41, 5.74) is 1.69. The van der Waals surface area contributed by atoms with E-state index in [1.807, 2.05) is 13.0 Å². The van der Waals surface area contributed by atoms with Crippen LogP contribution in [0.5, 0.6) is 0 Å². The monoisotopic (exact) mass is 247 g/mol. The fourth-order valence-electron chi connectivity index (χ4n) is 1.46. The highest BCUT2D eigenvalue weighted by Crippen LogP contribution is 2.22. The van der Waals surface area contributed by atoms with Crippen molar-refractivity contribution in [2.24, 2.45) is 0 Å². The Balaban J connectivity index is 2.42. The van der Waals surface area contributed by atoms with E-state index in [4.69, 9.17) is 0 Å². The Bertz CT molecular complexity index is 335. The van der Waals surface area contributed by atoms with Crippen LogP contribution < -0.4 is 0 Å². The number of alkyl halides is 3. The molecule has 1 atom stereocenters. The highest BCUT2D eigenvalue weighted by atomic mass is 19.4. The molecule has 1 N–H and O–H groups in total. The number of aromatic nitrogens is 1. The minimum Gasteiger partial charge on any atom is -0.393 e. The molecular formula is C12H16F3NO. The van der Waals surface area contributed by atoms with Crippen LogP contribution in [0.1, 0.15) is 31.0 Å². The van der Waals surface area contributed by atoms with Crippen LogP contribution in [0, 0.1) is 0 Å². The number of hydrogen-bond donors (Lipinski definition) is 1. The second-order valence-corrected chi connectivity index (χ2v) is 4.02. The van der Waals surface area contributed by atoms with Gasteiger partial charge in [0.1, 0.15) is 0 Å². The third kappa shape index (κ3) is 5.68. The van der Waals surface area contributed by atoms with Gasteiger partial charge in [-0.15, -0.1) is 0 Å². The van der Waals surface area contributed by atoms with Gasteiger partial charge in [-0.2, -0.15) is 13.2 Å². The molecule has 0 amide bonds. The topological polar surface area (TPSA) is 33.1 Å². The van der Waals surface area contributed by atoms with E-state index < -0.39 is 18.7 Å². The Morgan fingerprint density at radius 2 is 2.06 bits per heavy atom.